The van der Waals surface area contributed by atoms with E-state index >= 15 is 0 Å². The van der Waals surface area contributed by atoms with Crippen LogP contribution in [0.4, 0.5) is 15.9 Å². The van der Waals surface area contributed by atoms with Gasteiger partial charge >= 0.3 is 6.01 Å². The van der Waals surface area contributed by atoms with Crippen LogP contribution in [0.15, 0.2) is 29.7 Å². The number of hydrogen-bond donors (Lipinski definition) is 5. The van der Waals surface area contributed by atoms with E-state index in [1.54, 1.807) is 7.05 Å². The minimum atomic E-state index is -0.401. The number of nitrogens with zero attached hydrogens (tertiary/aromatic N) is 4. The molecule has 6 rings (SSSR count). The number of fused-ring (bicyclic) bond motifs is 15. The highest BCUT2D eigenvalue weighted by Crippen LogP contribution is 2.36. The molecule has 2 aliphatic heterocycles. The van der Waals surface area contributed by atoms with Crippen LogP contribution in [0.1, 0.15) is 6.42 Å². The quantitative estimate of drug-likeness (QED) is 0.243. The fraction of sp³-hybridized carbons (Fsp3) is 0.348. The van der Waals surface area contributed by atoms with E-state index in [2.05, 4.69) is 40.9 Å². The van der Waals surface area contributed by atoms with E-state index in [0.29, 0.717) is 70.5 Å². The standard InChI is InChI=1S/C23H26FN9O3S/c1-26-16-6-12(24)5-15-18-20-30-13(7-25)10-35-4-2-3-27-17(34)11-37-23-28-8-14(9-29-23)36-22(32-20)33-21(18)31-19(15)16/h5-6,8-9,13,26H,2-4,7,10-11,25H2,1H3,(H,27,34)(H2,30,31,32,33)/t13-/m1/s1. The first-order valence-electron chi connectivity index (χ1n) is 11.7. The lowest BCUT2D eigenvalue weighted by atomic mass is 10.1. The molecule has 4 aromatic rings. The Kier molecular flexibility index (Phi) is 7.48. The van der Waals surface area contributed by atoms with Crippen LogP contribution >= 0.6 is 11.8 Å². The third-order valence-electron chi connectivity index (χ3n) is 5.65. The molecule has 2 aliphatic rings. The smallest absolute Gasteiger partial charge is 0.326 e. The van der Waals surface area contributed by atoms with Gasteiger partial charge in [-0.1, -0.05) is 11.8 Å². The molecule has 0 unspecified atom stereocenters. The van der Waals surface area contributed by atoms with Crippen molar-refractivity contribution in [3.8, 4) is 11.8 Å². The molecular weight excluding hydrogens is 501 g/mol. The Labute approximate surface area is 215 Å². The Hall–Kier alpha value is -3.75. The molecule has 1 amide bonds. The molecule has 1 aromatic carbocycles. The van der Waals surface area contributed by atoms with Crippen molar-refractivity contribution in [1.82, 2.24) is 30.2 Å². The van der Waals surface area contributed by atoms with Crippen molar-refractivity contribution in [3.05, 3.63) is 30.3 Å². The number of hydrogen-bond acceptors (Lipinski definition) is 11. The van der Waals surface area contributed by atoms with Crippen LogP contribution in [0.3, 0.4) is 0 Å². The van der Waals surface area contributed by atoms with Crippen molar-refractivity contribution in [3.63, 3.8) is 0 Å². The average Bonchev–Trinajstić information content (AvgIpc) is 3.26. The van der Waals surface area contributed by atoms with E-state index in [-0.39, 0.29) is 30.3 Å². The molecule has 0 radical (unpaired) electrons. The second kappa shape index (κ2) is 11.1. The van der Waals surface area contributed by atoms with Crippen LogP contribution in [0.2, 0.25) is 0 Å². The third kappa shape index (κ3) is 5.65. The summed E-state index contributed by atoms with van der Waals surface area (Å²) in [6.07, 6.45) is 3.61. The number of ether oxygens (including phenoxy) is 2. The number of nitrogens with two attached hydrogens (primary N) is 1. The Bertz CT molecular complexity index is 1420. The molecule has 0 aliphatic carbocycles. The number of anilines is 2. The first-order chi connectivity index (χ1) is 18.0. The fourth-order valence-electron chi connectivity index (χ4n) is 3.90. The zero-order valence-electron chi connectivity index (χ0n) is 20.0. The number of nitrogens with one attached hydrogen (secondary N) is 4. The number of halogens is 1. The molecule has 6 N–H and O–H groups in total. The summed E-state index contributed by atoms with van der Waals surface area (Å²) in [6, 6.07) is 2.56. The van der Waals surface area contributed by atoms with Gasteiger partial charge in [-0.3, -0.25) is 4.79 Å². The highest BCUT2D eigenvalue weighted by molar-refractivity contribution is 7.99. The Morgan fingerprint density at radius 1 is 1.27 bits per heavy atom. The maximum atomic E-state index is 14.5. The van der Waals surface area contributed by atoms with Gasteiger partial charge in [0.15, 0.2) is 10.9 Å². The van der Waals surface area contributed by atoms with Gasteiger partial charge in [0.2, 0.25) is 5.91 Å². The second-order valence-corrected chi connectivity index (χ2v) is 9.22. The van der Waals surface area contributed by atoms with Crippen molar-refractivity contribution in [2.45, 2.75) is 17.6 Å². The summed E-state index contributed by atoms with van der Waals surface area (Å²) in [5.74, 6) is 0.407. The van der Waals surface area contributed by atoms with Gasteiger partial charge in [-0.15, -0.1) is 0 Å². The molecule has 3 aromatic heterocycles. The van der Waals surface area contributed by atoms with Gasteiger partial charge in [0, 0.05) is 32.1 Å². The number of thioether (sulfide) groups is 1. The molecule has 4 bridgehead atoms. The lowest BCUT2D eigenvalue weighted by Gasteiger charge is -2.19. The lowest BCUT2D eigenvalue weighted by molar-refractivity contribution is -0.118. The molecule has 5 heterocycles. The zero-order valence-corrected chi connectivity index (χ0v) is 20.8. The first kappa shape index (κ1) is 24.9. The molecule has 0 spiro atoms. The Morgan fingerprint density at radius 3 is 2.89 bits per heavy atom. The van der Waals surface area contributed by atoms with E-state index in [1.165, 1.54) is 36.3 Å². The highest BCUT2D eigenvalue weighted by Gasteiger charge is 2.20. The maximum Gasteiger partial charge on any atom is 0.326 e. The number of H-pyrrole nitrogens is 1. The normalized spacial score (nSPS) is 17.4. The molecule has 14 heteroatoms. The molecule has 1 atom stereocenters. The van der Waals surface area contributed by atoms with Gasteiger partial charge in [0.05, 0.1) is 47.4 Å². The molecular formula is C23H26FN9O3S. The number of benzene rings is 1. The van der Waals surface area contributed by atoms with Gasteiger partial charge in [-0.25, -0.2) is 14.4 Å². The summed E-state index contributed by atoms with van der Waals surface area (Å²) in [5.41, 5.74) is 7.72. The van der Waals surface area contributed by atoms with Crippen molar-refractivity contribution in [2.24, 2.45) is 5.73 Å². The number of amides is 1. The van der Waals surface area contributed by atoms with Crippen molar-refractivity contribution in [1.29, 1.82) is 0 Å². The van der Waals surface area contributed by atoms with Gasteiger partial charge < -0.3 is 36.1 Å². The van der Waals surface area contributed by atoms with Crippen molar-refractivity contribution in [2.75, 3.05) is 49.7 Å². The highest BCUT2D eigenvalue weighted by atomic mass is 32.2. The van der Waals surface area contributed by atoms with Crippen molar-refractivity contribution < 1.29 is 18.7 Å². The van der Waals surface area contributed by atoms with E-state index in [1.807, 2.05) is 0 Å². The molecule has 0 fully saturated rings. The summed E-state index contributed by atoms with van der Waals surface area (Å²) in [7, 11) is 1.72. The first-order valence-corrected chi connectivity index (χ1v) is 12.7. The zero-order chi connectivity index (χ0) is 25.8. The fourth-order valence-corrected chi connectivity index (χ4v) is 4.51. The van der Waals surface area contributed by atoms with Crippen LogP contribution in [0.25, 0.3) is 21.9 Å². The Balaban J connectivity index is 1.57. The van der Waals surface area contributed by atoms with E-state index in [9.17, 15) is 9.18 Å². The topological polar surface area (TPSA) is 165 Å². The average molecular weight is 528 g/mol. The van der Waals surface area contributed by atoms with E-state index in [0.717, 1.165) is 0 Å². The van der Waals surface area contributed by atoms with Gasteiger partial charge in [-0.2, -0.15) is 9.97 Å². The third-order valence-corrected chi connectivity index (χ3v) is 6.53. The molecule has 194 valence electrons. The predicted octanol–water partition coefficient (Wildman–Crippen LogP) is 2.24. The van der Waals surface area contributed by atoms with Gasteiger partial charge in [0.25, 0.3) is 0 Å². The maximum absolute atomic E-state index is 14.5. The minimum Gasteiger partial charge on any atom is -0.421 e. The number of carbonyl (C=O) groups is 1. The van der Waals surface area contributed by atoms with Crippen LogP contribution in [-0.2, 0) is 9.53 Å². The summed E-state index contributed by atoms with van der Waals surface area (Å²) in [6.45, 7) is 1.48. The summed E-state index contributed by atoms with van der Waals surface area (Å²) < 4.78 is 26.1. The van der Waals surface area contributed by atoms with E-state index in [4.69, 9.17) is 15.2 Å². The van der Waals surface area contributed by atoms with Crippen LogP contribution in [-0.4, -0.2) is 76.0 Å². The SMILES string of the molecule is CNc1cc(F)cc2c1[nH]c1nc3nc(c12)N[C@H](CN)COCCCNC(=O)CSc1ncc(cn1)O3. The number of aromatic nitrogens is 5. The predicted molar refractivity (Wildman–Crippen MR) is 139 cm³/mol. The van der Waals surface area contributed by atoms with Crippen molar-refractivity contribution >= 4 is 51.1 Å². The van der Waals surface area contributed by atoms with E-state index < -0.39 is 5.82 Å². The molecule has 0 saturated carbocycles. The summed E-state index contributed by atoms with van der Waals surface area (Å²) in [4.78, 5) is 32.9. The number of rotatable bonds is 2. The Morgan fingerprint density at radius 2 is 2.11 bits per heavy atom. The monoisotopic (exact) mass is 527 g/mol. The van der Waals surface area contributed by atoms with Crippen LogP contribution in [0, 0.1) is 5.82 Å². The molecule has 0 saturated heterocycles. The van der Waals surface area contributed by atoms with Crippen LogP contribution < -0.4 is 26.4 Å². The van der Waals surface area contributed by atoms with Gasteiger partial charge in [0.1, 0.15) is 17.3 Å². The lowest BCUT2D eigenvalue weighted by Crippen LogP contribution is -2.34. The summed E-state index contributed by atoms with van der Waals surface area (Å²) >= 11 is 1.22. The second-order valence-electron chi connectivity index (χ2n) is 8.28. The largest absolute Gasteiger partial charge is 0.421 e. The number of aromatic amines is 1. The molecule has 37 heavy (non-hydrogen) atoms. The molecule has 12 nitrogen and oxygen atoms in total. The number of carbonyl (C=O) groups excluding carboxylic acids is 1. The summed E-state index contributed by atoms with van der Waals surface area (Å²) in [5, 5.41) is 10.8. The minimum absolute atomic E-state index is 0.0334. The van der Waals surface area contributed by atoms with Crippen LogP contribution in [0.5, 0.6) is 11.8 Å². The van der Waals surface area contributed by atoms with Gasteiger partial charge in [-0.05, 0) is 18.6 Å².